The van der Waals surface area contributed by atoms with Crippen molar-refractivity contribution in [2.75, 3.05) is 6.54 Å². The number of nitrogens with one attached hydrogen (secondary N) is 1. The molecule has 3 heteroatoms. The fourth-order valence-corrected chi connectivity index (χ4v) is 1.78. The Bertz CT molecular complexity index is 535. The lowest BCUT2D eigenvalue weighted by Crippen LogP contribution is -2.23. The van der Waals surface area contributed by atoms with Crippen LogP contribution in [0, 0.1) is 0 Å². The van der Waals surface area contributed by atoms with Gasteiger partial charge in [0.2, 0.25) is 0 Å². The second-order valence-corrected chi connectivity index (χ2v) is 4.55. The molecular formula is C17H19NO2. The van der Waals surface area contributed by atoms with Crippen LogP contribution < -0.4 is 10.1 Å². The molecule has 1 amide bonds. The summed E-state index contributed by atoms with van der Waals surface area (Å²) in [6.45, 7) is 3.24. The maximum Gasteiger partial charge on any atom is 0.251 e. The minimum Gasteiger partial charge on any atom is -0.489 e. The van der Waals surface area contributed by atoms with Crippen molar-refractivity contribution >= 4 is 5.91 Å². The number of hydrogen-bond acceptors (Lipinski definition) is 2. The van der Waals surface area contributed by atoms with Crippen molar-refractivity contribution in [1.82, 2.24) is 5.32 Å². The zero-order chi connectivity index (χ0) is 14.2. The van der Waals surface area contributed by atoms with Gasteiger partial charge in [-0.15, -0.1) is 0 Å². The second kappa shape index (κ2) is 7.34. The van der Waals surface area contributed by atoms with Gasteiger partial charge in [0, 0.05) is 12.1 Å². The molecule has 20 heavy (non-hydrogen) atoms. The first-order chi connectivity index (χ1) is 9.79. The molecule has 2 rings (SSSR count). The van der Waals surface area contributed by atoms with E-state index in [1.54, 1.807) is 0 Å². The average Bonchev–Trinajstić information content (AvgIpc) is 2.52. The SMILES string of the molecule is CCCNC(=O)c1ccc(COc2ccccc2)cc1. The first-order valence-corrected chi connectivity index (χ1v) is 6.84. The Hall–Kier alpha value is -2.29. The molecule has 2 aromatic rings. The first-order valence-electron chi connectivity index (χ1n) is 6.84. The molecule has 0 aromatic heterocycles. The standard InChI is InChI=1S/C17H19NO2/c1-2-12-18-17(19)15-10-8-14(9-11-15)13-20-16-6-4-3-5-7-16/h3-11H,2,12-13H2,1H3,(H,18,19). The number of hydrogen-bond donors (Lipinski definition) is 1. The summed E-state index contributed by atoms with van der Waals surface area (Å²) in [6, 6.07) is 17.2. The van der Waals surface area contributed by atoms with E-state index in [9.17, 15) is 4.79 Å². The lowest BCUT2D eigenvalue weighted by atomic mass is 10.1. The predicted molar refractivity (Wildman–Crippen MR) is 79.8 cm³/mol. The summed E-state index contributed by atoms with van der Waals surface area (Å²) in [4.78, 5) is 11.8. The Labute approximate surface area is 119 Å². The molecule has 1 N–H and O–H groups in total. The van der Waals surface area contributed by atoms with Crippen LogP contribution in [0.1, 0.15) is 29.3 Å². The Morgan fingerprint density at radius 3 is 2.40 bits per heavy atom. The normalized spacial score (nSPS) is 10.1. The summed E-state index contributed by atoms with van der Waals surface area (Å²) in [5.41, 5.74) is 1.72. The molecule has 0 heterocycles. The molecule has 0 atom stereocenters. The van der Waals surface area contributed by atoms with Crippen molar-refractivity contribution in [2.45, 2.75) is 20.0 Å². The highest BCUT2D eigenvalue weighted by Gasteiger charge is 2.04. The molecule has 0 saturated heterocycles. The number of carbonyl (C=O) groups is 1. The van der Waals surface area contributed by atoms with Crippen molar-refractivity contribution in [3.63, 3.8) is 0 Å². The van der Waals surface area contributed by atoms with Gasteiger partial charge in [-0.05, 0) is 36.2 Å². The maximum atomic E-state index is 11.8. The summed E-state index contributed by atoms with van der Waals surface area (Å²) in [5, 5.41) is 2.86. The van der Waals surface area contributed by atoms with Crippen LogP contribution in [-0.4, -0.2) is 12.5 Å². The van der Waals surface area contributed by atoms with Gasteiger partial charge in [-0.3, -0.25) is 4.79 Å². The Kier molecular flexibility index (Phi) is 5.18. The van der Waals surface area contributed by atoms with Crippen LogP contribution in [-0.2, 0) is 6.61 Å². The van der Waals surface area contributed by atoms with Crippen LogP contribution in [0.3, 0.4) is 0 Å². The molecule has 0 spiro atoms. The number of para-hydroxylation sites is 1. The molecule has 0 aliphatic rings. The van der Waals surface area contributed by atoms with Crippen LogP contribution in [0.4, 0.5) is 0 Å². The summed E-state index contributed by atoms with van der Waals surface area (Å²) < 4.78 is 5.66. The third kappa shape index (κ3) is 4.12. The van der Waals surface area contributed by atoms with Crippen molar-refractivity contribution in [2.24, 2.45) is 0 Å². The molecule has 2 aromatic carbocycles. The van der Waals surface area contributed by atoms with Gasteiger partial charge in [-0.2, -0.15) is 0 Å². The molecule has 3 nitrogen and oxygen atoms in total. The zero-order valence-electron chi connectivity index (χ0n) is 11.6. The molecule has 0 aliphatic carbocycles. The minimum absolute atomic E-state index is 0.0256. The number of carbonyl (C=O) groups excluding carboxylic acids is 1. The Morgan fingerprint density at radius 2 is 1.75 bits per heavy atom. The van der Waals surface area contributed by atoms with Gasteiger partial charge in [0.05, 0.1) is 0 Å². The summed E-state index contributed by atoms with van der Waals surface area (Å²) in [5.74, 6) is 0.819. The van der Waals surface area contributed by atoms with Gasteiger partial charge in [-0.25, -0.2) is 0 Å². The maximum absolute atomic E-state index is 11.8. The van der Waals surface area contributed by atoms with Gasteiger partial charge in [0.1, 0.15) is 12.4 Å². The summed E-state index contributed by atoms with van der Waals surface area (Å²) in [7, 11) is 0. The van der Waals surface area contributed by atoms with Crippen LogP contribution in [0.5, 0.6) is 5.75 Å². The smallest absolute Gasteiger partial charge is 0.251 e. The molecular weight excluding hydrogens is 250 g/mol. The topological polar surface area (TPSA) is 38.3 Å². The molecule has 0 saturated carbocycles. The van der Waals surface area contributed by atoms with Crippen LogP contribution in [0.2, 0.25) is 0 Å². The highest BCUT2D eigenvalue weighted by atomic mass is 16.5. The molecule has 0 bridgehead atoms. The van der Waals surface area contributed by atoms with Crippen molar-refractivity contribution in [1.29, 1.82) is 0 Å². The van der Waals surface area contributed by atoms with Gasteiger partial charge in [0.15, 0.2) is 0 Å². The summed E-state index contributed by atoms with van der Waals surface area (Å²) in [6.07, 6.45) is 0.939. The highest BCUT2D eigenvalue weighted by Crippen LogP contribution is 2.12. The minimum atomic E-state index is -0.0256. The fraction of sp³-hybridized carbons (Fsp3) is 0.235. The molecule has 104 valence electrons. The van der Waals surface area contributed by atoms with E-state index in [4.69, 9.17) is 4.74 Å². The first kappa shape index (κ1) is 14.1. The van der Waals surface area contributed by atoms with E-state index in [2.05, 4.69) is 5.32 Å². The van der Waals surface area contributed by atoms with E-state index >= 15 is 0 Å². The van der Waals surface area contributed by atoms with Crippen LogP contribution in [0.25, 0.3) is 0 Å². The zero-order valence-corrected chi connectivity index (χ0v) is 11.6. The number of rotatable bonds is 6. The van der Waals surface area contributed by atoms with Crippen LogP contribution >= 0.6 is 0 Å². The van der Waals surface area contributed by atoms with Gasteiger partial charge < -0.3 is 10.1 Å². The van der Waals surface area contributed by atoms with E-state index in [1.165, 1.54) is 0 Å². The van der Waals surface area contributed by atoms with E-state index in [-0.39, 0.29) is 5.91 Å². The number of amides is 1. The number of ether oxygens (including phenoxy) is 1. The van der Waals surface area contributed by atoms with Crippen molar-refractivity contribution in [3.8, 4) is 5.75 Å². The van der Waals surface area contributed by atoms with Crippen LogP contribution in [0.15, 0.2) is 54.6 Å². The quantitative estimate of drug-likeness (QED) is 0.872. The third-order valence-corrected chi connectivity index (χ3v) is 2.90. The van der Waals surface area contributed by atoms with Crippen molar-refractivity contribution in [3.05, 3.63) is 65.7 Å². The average molecular weight is 269 g/mol. The number of benzene rings is 2. The Balaban J connectivity index is 1.90. The van der Waals surface area contributed by atoms with Crippen molar-refractivity contribution < 1.29 is 9.53 Å². The van der Waals surface area contributed by atoms with Gasteiger partial charge >= 0.3 is 0 Å². The second-order valence-electron chi connectivity index (χ2n) is 4.55. The van der Waals surface area contributed by atoms with E-state index in [1.807, 2.05) is 61.5 Å². The largest absolute Gasteiger partial charge is 0.489 e. The highest BCUT2D eigenvalue weighted by molar-refractivity contribution is 5.94. The predicted octanol–water partition coefficient (Wildman–Crippen LogP) is 3.41. The lowest BCUT2D eigenvalue weighted by molar-refractivity contribution is 0.0953. The third-order valence-electron chi connectivity index (χ3n) is 2.90. The van der Waals surface area contributed by atoms with E-state index in [0.29, 0.717) is 18.7 Å². The van der Waals surface area contributed by atoms with E-state index < -0.39 is 0 Å². The van der Waals surface area contributed by atoms with Gasteiger partial charge in [-0.1, -0.05) is 37.3 Å². The fourth-order valence-electron chi connectivity index (χ4n) is 1.78. The molecule has 0 unspecified atom stereocenters. The lowest BCUT2D eigenvalue weighted by Gasteiger charge is -2.07. The van der Waals surface area contributed by atoms with E-state index in [0.717, 1.165) is 17.7 Å². The monoisotopic (exact) mass is 269 g/mol. The molecule has 0 fully saturated rings. The molecule has 0 radical (unpaired) electrons. The summed E-state index contributed by atoms with van der Waals surface area (Å²) >= 11 is 0. The van der Waals surface area contributed by atoms with Gasteiger partial charge in [0.25, 0.3) is 5.91 Å². The molecule has 0 aliphatic heterocycles. The Morgan fingerprint density at radius 1 is 1.05 bits per heavy atom.